The van der Waals surface area contributed by atoms with Crippen LogP contribution in [0.1, 0.15) is 5.56 Å². The van der Waals surface area contributed by atoms with Gasteiger partial charge < -0.3 is 14.7 Å². The molecule has 2 atom stereocenters. The fourth-order valence-electron chi connectivity index (χ4n) is 2.59. The van der Waals surface area contributed by atoms with E-state index in [1.54, 1.807) is 6.07 Å². The molecular formula is C16H24N2O5S. The Balaban J connectivity index is 1.92. The quantitative estimate of drug-likeness (QED) is 0.780. The Bertz CT molecular complexity index is 689. The summed E-state index contributed by atoms with van der Waals surface area (Å²) in [5, 5.41) is 10.1. The van der Waals surface area contributed by atoms with Crippen LogP contribution in [0.3, 0.4) is 0 Å². The van der Waals surface area contributed by atoms with E-state index in [0.717, 1.165) is 9.87 Å². The van der Waals surface area contributed by atoms with Gasteiger partial charge in [0.25, 0.3) is 5.91 Å². The predicted molar refractivity (Wildman–Crippen MR) is 90.2 cm³/mol. The number of para-hydroxylation sites is 1. The van der Waals surface area contributed by atoms with Crippen molar-refractivity contribution in [2.24, 2.45) is 5.92 Å². The number of carbonyl (C=O) groups is 1. The first-order valence-electron chi connectivity index (χ1n) is 7.75. The SMILES string of the molecule is Cc1ccccc1OCC(=O)N1C[C@@H](CS(=O)(=O)N(C)C)[C@H](O)C1. The van der Waals surface area contributed by atoms with Gasteiger partial charge in [-0.3, -0.25) is 4.79 Å². The number of ether oxygens (including phenoxy) is 1. The molecule has 0 aromatic heterocycles. The fraction of sp³-hybridized carbons (Fsp3) is 0.562. The first-order valence-corrected chi connectivity index (χ1v) is 9.36. The first-order chi connectivity index (χ1) is 11.2. The molecule has 2 rings (SSSR count). The van der Waals surface area contributed by atoms with Crippen molar-refractivity contribution in [1.29, 1.82) is 0 Å². The number of aliphatic hydroxyl groups excluding tert-OH is 1. The predicted octanol–water partition coefficient (Wildman–Crippen LogP) is 0.0845. The van der Waals surface area contributed by atoms with E-state index in [1.165, 1.54) is 19.0 Å². The number of benzene rings is 1. The molecule has 1 aromatic carbocycles. The van der Waals surface area contributed by atoms with Crippen molar-refractivity contribution in [3.8, 4) is 5.75 Å². The summed E-state index contributed by atoms with van der Waals surface area (Å²) in [6.07, 6.45) is -0.845. The Morgan fingerprint density at radius 1 is 1.33 bits per heavy atom. The summed E-state index contributed by atoms with van der Waals surface area (Å²) in [7, 11) is -0.512. The van der Waals surface area contributed by atoms with E-state index in [4.69, 9.17) is 4.74 Å². The zero-order valence-electron chi connectivity index (χ0n) is 14.2. The van der Waals surface area contributed by atoms with Crippen LogP contribution in [0.4, 0.5) is 0 Å². The molecule has 0 unspecified atom stereocenters. The third-order valence-electron chi connectivity index (χ3n) is 4.18. The molecule has 0 radical (unpaired) electrons. The molecule has 1 heterocycles. The van der Waals surface area contributed by atoms with Gasteiger partial charge in [-0.2, -0.15) is 0 Å². The largest absolute Gasteiger partial charge is 0.484 e. The number of β-amino-alcohol motifs (C(OH)–C–C–N with tert-alkyl or cyclic N) is 1. The molecule has 8 heteroatoms. The summed E-state index contributed by atoms with van der Waals surface area (Å²) in [6.45, 7) is 2.10. The highest BCUT2D eigenvalue weighted by Gasteiger charge is 2.37. The maximum absolute atomic E-state index is 12.3. The minimum Gasteiger partial charge on any atom is -0.484 e. The first kappa shape index (κ1) is 18.7. The Hall–Kier alpha value is -1.64. The molecule has 1 aromatic rings. The van der Waals surface area contributed by atoms with E-state index in [1.807, 2.05) is 25.1 Å². The number of sulfonamides is 1. The van der Waals surface area contributed by atoms with E-state index in [-0.39, 0.29) is 31.4 Å². The molecule has 1 N–H and O–H groups in total. The molecule has 134 valence electrons. The molecule has 24 heavy (non-hydrogen) atoms. The lowest BCUT2D eigenvalue weighted by Gasteiger charge is -2.18. The van der Waals surface area contributed by atoms with Crippen LogP contribution in [0.2, 0.25) is 0 Å². The normalized spacial score (nSPS) is 21.3. The monoisotopic (exact) mass is 356 g/mol. The number of likely N-dealkylation sites (tertiary alicyclic amines) is 1. The molecule has 1 fully saturated rings. The van der Waals surface area contributed by atoms with Crippen LogP contribution in [0, 0.1) is 12.8 Å². The van der Waals surface area contributed by atoms with Gasteiger partial charge in [0.2, 0.25) is 10.0 Å². The van der Waals surface area contributed by atoms with Crippen molar-refractivity contribution in [3.05, 3.63) is 29.8 Å². The molecule has 1 aliphatic heterocycles. The molecule has 0 spiro atoms. The summed E-state index contributed by atoms with van der Waals surface area (Å²) >= 11 is 0. The second-order valence-corrected chi connectivity index (χ2v) is 8.47. The van der Waals surface area contributed by atoms with Gasteiger partial charge in [0.1, 0.15) is 5.75 Å². The van der Waals surface area contributed by atoms with Crippen LogP contribution < -0.4 is 4.74 Å². The van der Waals surface area contributed by atoms with Gasteiger partial charge in [-0.1, -0.05) is 18.2 Å². The number of amides is 1. The zero-order chi connectivity index (χ0) is 17.9. The fourth-order valence-corrected chi connectivity index (χ4v) is 3.76. The molecule has 1 amide bonds. The summed E-state index contributed by atoms with van der Waals surface area (Å²) in [6, 6.07) is 7.39. The van der Waals surface area contributed by atoms with E-state index < -0.39 is 22.0 Å². The average molecular weight is 356 g/mol. The van der Waals surface area contributed by atoms with Crippen LogP contribution in [-0.2, 0) is 14.8 Å². The van der Waals surface area contributed by atoms with Crippen LogP contribution in [0.25, 0.3) is 0 Å². The Kier molecular flexibility index (Phi) is 5.84. The number of hydrogen-bond donors (Lipinski definition) is 1. The van der Waals surface area contributed by atoms with Crippen molar-refractivity contribution in [3.63, 3.8) is 0 Å². The Morgan fingerprint density at radius 3 is 2.62 bits per heavy atom. The number of nitrogens with zero attached hydrogens (tertiary/aromatic N) is 2. The van der Waals surface area contributed by atoms with Gasteiger partial charge >= 0.3 is 0 Å². The van der Waals surface area contributed by atoms with Crippen molar-refractivity contribution in [1.82, 2.24) is 9.21 Å². The highest BCUT2D eigenvalue weighted by molar-refractivity contribution is 7.89. The van der Waals surface area contributed by atoms with E-state index in [0.29, 0.717) is 5.75 Å². The van der Waals surface area contributed by atoms with Crippen molar-refractivity contribution < 1.29 is 23.1 Å². The lowest BCUT2D eigenvalue weighted by molar-refractivity contribution is -0.132. The van der Waals surface area contributed by atoms with Gasteiger partial charge in [-0.15, -0.1) is 0 Å². The lowest BCUT2D eigenvalue weighted by atomic mass is 10.1. The molecule has 0 aliphatic carbocycles. The summed E-state index contributed by atoms with van der Waals surface area (Å²) < 4.78 is 30.5. The maximum Gasteiger partial charge on any atom is 0.260 e. The second-order valence-electron chi connectivity index (χ2n) is 6.24. The van der Waals surface area contributed by atoms with Crippen LogP contribution in [0.5, 0.6) is 5.75 Å². The summed E-state index contributed by atoms with van der Waals surface area (Å²) in [5.74, 6) is -0.289. The van der Waals surface area contributed by atoms with E-state index >= 15 is 0 Å². The molecule has 7 nitrogen and oxygen atoms in total. The molecule has 1 saturated heterocycles. The average Bonchev–Trinajstić information content (AvgIpc) is 2.86. The van der Waals surface area contributed by atoms with Gasteiger partial charge in [0.05, 0.1) is 11.9 Å². The molecule has 0 bridgehead atoms. The van der Waals surface area contributed by atoms with Crippen LogP contribution >= 0.6 is 0 Å². The van der Waals surface area contributed by atoms with Crippen LogP contribution in [-0.4, -0.2) is 74.3 Å². The third-order valence-corrected chi connectivity index (χ3v) is 6.15. The number of aliphatic hydroxyl groups is 1. The minimum absolute atomic E-state index is 0.129. The third kappa shape index (κ3) is 4.46. The van der Waals surface area contributed by atoms with Gasteiger partial charge in [0, 0.05) is 33.1 Å². The zero-order valence-corrected chi connectivity index (χ0v) is 15.0. The van der Waals surface area contributed by atoms with Crippen molar-refractivity contribution >= 4 is 15.9 Å². The highest BCUT2D eigenvalue weighted by atomic mass is 32.2. The molecule has 1 aliphatic rings. The molecule has 0 saturated carbocycles. The highest BCUT2D eigenvalue weighted by Crippen LogP contribution is 2.21. The number of carbonyl (C=O) groups excluding carboxylic acids is 1. The summed E-state index contributed by atoms with van der Waals surface area (Å²) in [4.78, 5) is 13.7. The number of aryl methyl sites for hydroxylation is 1. The van der Waals surface area contributed by atoms with E-state index in [9.17, 15) is 18.3 Å². The Labute approximate surface area is 142 Å². The van der Waals surface area contributed by atoms with Gasteiger partial charge in [-0.25, -0.2) is 12.7 Å². The Morgan fingerprint density at radius 2 is 2.00 bits per heavy atom. The number of hydrogen-bond acceptors (Lipinski definition) is 5. The van der Waals surface area contributed by atoms with Crippen molar-refractivity contribution in [2.45, 2.75) is 13.0 Å². The van der Waals surface area contributed by atoms with Gasteiger partial charge in [0.15, 0.2) is 6.61 Å². The van der Waals surface area contributed by atoms with Crippen LogP contribution in [0.15, 0.2) is 24.3 Å². The molecular weight excluding hydrogens is 332 g/mol. The standard InChI is InChI=1S/C16H24N2O5S/c1-12-6-4-5-7-15(12)23-10-16(20)18-8-13(14(19)9-18)11-24(21,22)17(2)3/h4-7,13-14,19H,8-11H2,1-3H3/t13-,14+/m0/s1. The smallest absolute Gasteiger partial charge is 0.260 e. The topological polar surface area (TPSA) is 87.2 Å². The summed E-state index contributed by atoms with van der Waals surface area (Å²) in [5.41, 5.74) is 0.932. The minimum atomic E-state index is -3.42. The van der Waals surface area contributed by atoms with Crippen molar-refractivity contribution in [2.75, 3.05) is 39.5 Å². The number of rotatable bonds is 6. The van der Waals surface area contributed by atoms with Gasteiger partial charge in [-0.05, 0) is 18.6 Å². The second kappa shape index (κ2) is 7.50. The maximum atomic E-state index is 12.3. The lowest BCUT2D eigenvalue weighted by Crippen LogP contribution is -2.35. The van der Waals surface area contributed by atoms with E-state index in [2.05, 4.69) is 0 Å².